The van der Waals surface area contributed by atoms with Gasteiger partial charge in [0, 0.05) is 22.5 Å². The van der Waals surface area contributed by atoms with E-state index in [1.165, 1.54) is 16.0 Å². The summed E-state index contributed by atoms with van der Waals surface area (Å²) in [5.74, 6) is 1.43. The SMILES string of the molecule is O=c1n(Cc2cscn2)nc2n1-c1cc(Cl)ccc1C1=NCCN12. The molecule has 2 aliphatic heterocycles. The van der Waals surface area contributed by atoms with Crippen LogP contribution in [0.4, 0.5) is 5.95 Å². The summed E-state index contributed by atoms with van der Waals surface area (Å²) in [5.41, 5.74) is 3.99. The molecule has 7 nitrogen and oxygen atoms in total. The number of hydrogen-bond donors (Lipinski definition) is 0. The first-order valence-electron chi connectivity index (χ1n) is 7.41. The van der Waals surface area contributed by atoms with Gasteiger partial charge in [-0.3, -0.25) is 9.89 Å². The van der Waals surface area contributed by atoms with Crippen molar-refractivity contribution in [3.8, 4) is 5.69 Å². The van der Waals surface area contributed by atoms with Crippen LogP contribution in [0.25, 0.3) is 5.69 Å². The van der Waals surface area contributed by atoms with Gasteiger partial charge < -0.3 is 0 Å². The van der Waals surface area contributed by atoms with Crippen molar-refractivity contribution in [2.75, 3.05) is 18.0 Å². The van der Waals surface area contributed by atoms with E-state index < -0.39 is 0 Å². The van der Waals surface area contributed by atoms with E-state index in [2.05, 4.69) is 15.1 Å². The molecule has 1 aromatic carbocycles. The second kappa shape index (κ2) is 5.02. The van der Waals surface area contributed by atoms with Crippen LogP contribution in [0.15, 0.2) is 38.9 Å². The highest BCUT2D eigenvalue weighted by molar-refractivity contribution is 7.07. The number of halogens is 1. The number of anilines is 1. The zero-order valence-corrected chi connectivity index (χ0v) is 14.0. The van der Waals surface area contributed by atoms with Gasteiger partial charge in [0.15, 0.2) is 0 Å². The molecule has 0 atom stereocenters. The van der Waals surface area contributed by atoms with E-state index >= 15 is 0 Å². The number of rotatable bonds is 2. The minimum atomic E-state index is -0.201. The van der Waals surface area contributed by atoms with Gasteiger partial charge in [-0.1, -0.05) is 11.6 Å². The quantitative estimate of drug-likeness (QED) is 0.700. The molecule has 3 aromatic rings. The van der Waals surface area contributed by atoms with Crippen LogP contribution < -0.4 is 10.6 Å². The Morgan fingerprint density at radius 1 is 1.33 bits per heavy atom. The molecular weight excluding hydrogens is 348 g/mol. The Bertz CT molecular complexity index is 1030. The van der Waals surface area contributed by atoms with Crippen molar-refractivity contribution in [2.24, 2.45) is 4.99 Å². The van der Waals surface area contributed by atoms with Gasteiger partial charge in [0.1, 0.15) is 5.84 Å². The molecule has 5 rings (SSSR count). The third kappa shape index (κ3) is 1.90. The lowest BCUT2D eigenvalue weighted by Gasteiger charge is -2.26. The van der Waals surface area contributed by atoms with Crippen LogP contribution in [0.3, 0.4) is 0 Å². The summed E-state index contributed by atoms with van der Waals surface area (Å²) in [6.45, 7) is 1.74. The van der Waals surface area contributed by atoms with Crippen LogP contribution in [0.1, 0.15) is 11.3 Å². The molecule has 2 aromatic heterocycles. The van der Waals surface area contributed by atoms with Crippen LogP contribution >= 0.6 is 22.9 Å². The molecule has 120 valence electrons. The Morgan fingerprint density at radius 3 is 3.08 bits per heavy atom. The molecule has 2 aliphatic rings. The molecule has 0 N–H and O–H groups in total. The average molecular weight is 359 g/mol. The lowest BCUT2D eigenvalue weighted by atomic mass is 10.1. The Kier molecular flexibility index (Phi) is 2.92. The Labute approximate surface area is 145 Å². The highest BCUT2D eigenvalue weighted by Gasteiger charge is 2.34. The summed E-state index contributed by atoms with van der Waals surface area (Å²) in [7, 11) is 0. The average Bonchev–Trinajstić information content (AvgIpc) is 3.29. The molecule has 0 radical (unpaired) electrons. The van der Waals surface area contributed by atoms with Crippen molar-refractivity contribution in [3.05, 3.63) is 55.9 Å². The number of nitrogens with zero attached hydrogens (tertiary/aromatic N) is 6. The molecule has 9 heteroatoms. The molecule has 0 saturated heterocycles. The largest absolute Gasteiger partial charge is 0.352 e. The number of aliphatic imine (C=N–C) groups is 1. The van der Waals surface area contributed by atoms with E-state index in [0.717, 1.165) is 22.8 Å². The Hall–Kier alpha value is -2.45. The van der Waals surface area contributed by atoms with E-state index in [9.17, 15) is 4.79 Å². The van der Waals surface area contributed by atoms with Gasteiger partial charge in [-0.05, 0) is 18.2 Å². The molecule has 0 spiro atoms. The molecule has 4 heterocycles. The fourth-order valence-electron chi connectivity index (χ4n) is 3.11. The van der Waals surface area contributed by atoms with Crippen LogP contribution in [0, 0.1) is 0 Å². The summed E-state index contributed by atoms with van der Waals surface area (Å²) < 4.78 is 3.05. The number of thiazole rings is 1. The Morgan fingerprint density at radius 2 is 2.25 bits per heavy atom. The minimum Gasteiger partial charge on any atom is -0.293 e. The van der Waals surface area contributed by atoms with Gasteiger partial charge >= 0.3 is 5.69 Å². The van der Waals surface area contributed by atoms with E-state index in [1.807, 2.05) is 22.4 Å². The maximum Gasteiger partial charge on any atom is 0.352 e. The third-order valence-corrected chi connectivity index (χ3v) is 5.01. The second-order valence-corrected chi connectivity index (χ2v) is 6.73. The number of hydrogen-bond acceptors (Lipinski definition) is 6. The molecule has 0 fully saturated rings. The molecule has 0 bridgehead atoms. The number of fused-ring (bicyclic) bond motifs is 6. The van der Waals surface area contributed by atoms with Crippen LogP contribution in [-0.4, -0.2) is 38.3 Å². The molecule has 0 amide bonds. The fourth-order valence-corrected chi connectivity index (χ4v) is 3.82. The highest BCUT2D eigenvalue weighted by Crippen LogP contribution is 2.31. The summed E-state index contributed by atoms with van der Waals surface area (Å²) in [5, 5.41) is 7.02. The topological polar surface area (TPSA) is 68.3 Å². The zero-order chi connectivity index (χ0) is 16.3. The number of benzene rings is 1. The molecule has 24 heavy (non-hydrogen) atoms. The van der Waals surface area contributed by atoms with E-state index in [-0.39, 0.29) is 5.69 Å². The first kappa shape index (κ1) is 13.9. The van der Waals surface area contributed by atoms with Crippen molar-refractivity contribution >= 4 is 34.7 Å². The Balaban J connectivity index is 1.74. The summed E-state index contributed by atoms with van der Waals surface area (Å²) in [6, 6.07) is 5.51. The summed E-state index contributed by atoms with van der Waals surface area (Å²) in [6.07, 6.45) is 0. The number of amidine groups is 1. The molecular formula is C15H11ClN6OS. The van der Waals surface area contributed by atoms with Crippen molar-refractivity contribution in [1.29, 1.82) is 0 Å². The van der Waals surface area contributed by atoms with Gasteiger partial charge in [-0.25, -0.2) is 19.0 Å². The summed E-state index contributed by atoms with van der Waals surface area (Å²) >= 11 is 7.65. The smallest absolute Gasteiger partial charge is 0.293 e. The highest BCUT2D eigenvalue weighted by atomic mass is 35.5. The standard InChI is InChI=1S/C15H11ClN6OS/c16-9-1-2-11-12(5-9)22-14(20-4-3-17-13(11)20)19-21(15(22)23)6-10-7-24-8-18-10/h1-2,5,7-8H,3-4,6H2. The maximum absolute atomic E-state index is 12.9. The van der Waals surface area contributed by atoms with Crippen molar-refractivity contribution in [2.45, 2.75) is 6.54 Å². The normalized spacial score (nSPS) is 15.0. The van der Waals surface area contributed by atoms with Crippen molar-refractivity contribution in [3.63, 3.8) is 0 Å². The monoisotopic (exact) mass is 358 g/mol. The molecule has 0 aliphatic carbocycles. The van der Waals surface area contributed by atoms with Crippen molar-refractivity contribution < 1.29 is 0 Å². The summed E-state index contributed by atoms with van der Waals surface area (Å²) in [4.78, 5) is 23.7. The maximum atomic E-state index is 12.9. The van der Waals surface area contributed by atoms with E-state index in [1.54, 1.807) is 16.1 Å². The van der Waals surface area contributed by atoms with Gasteiger partial charge in [0.05, 0.1) is 30.0 Å². The van der Waals surface area contributed by atoms with Crippen molar-refractivity contribution in [1.82, 2.24) is 19.3 Å². The van der Waals surface area contributed by atoms with E-state index in [0.29, 0.717) is 30.6 Å². The lowest BCUT2D eigenvalue weighted by molar-refractivity contribution is 0.644. The predicted molar refractivity (Wildman–Crippen MR) is 92.8 cm³/mol. The van der Waals surface area contributed by atoms with E-state index in [4.69, 9.17) is 11.6 Å². The molecule has 0 unspecified atom stereocenters. The van der Waals surface area contributed by atoms with Gasteiger partial charge in [0.25, 0.3) is 0 Å². The third-order valence-electron chi connectivity index (χ3n) is 4.14. The second-order valence-electron chi connectivity index (χ2n) is 5.57. The van der Waals surface area contributed by atoms with Gasteiger partial charge in [0.2, 0.25) is 5.95 Å². The number of aromatic nitrogens is 4. The first-order valence-corrected chi connectivity index (χ1v) is 8.73. The predicted octanol–water partition coefficient (Wildman–Crippen LogP) is 1.77. The lowest BCUT2D eigenvalue weighted by Crippen LogP contribution is -2.37. The fraction of sp³-hybridized carbons (Fsp3) is 0.200. The van der Waals surface area contributed by atoms with Crippen LogP contribution in [0.2, 0.25) is 5.02 Å². The van der Waals surface area contributed by atoms with Gasteiger partial charge in [-0.2, -0.15) is 0 Å². The zero-order valence-electron chi connectivity index (χ0n) is 12.4. The first-order chi connectivity index (χ1) is 11.7. The van der Waals surface area contributed by atoms with Crippen LogP contribution in [0.5, 0.6) is 0 Å². The van der Waals surface area contributed by atoms with Gasteiger partial charge in [-0.15, -0.1) is 16.4 Å². The minimum absolute atomic E-state index is 0.201. The molecule has 0 saturated carbocycles. The van der Waals surface area contributed by atoms with Crippen LogP contribution in [-0.2, 0) is 6.54 Å².